The Morgan fingerprint density at radius 3 is 1.46 bits per heavy atom. The van der Waals surface area contributed by atoms with Gasteiger partial charge in [0.15, 0.2) is 0 Å². The first-order chi connectivity index (χ1) is 18.1. The quantitative estimate of drug-likeness (QED) is 0.204. The first kappa shape index (κ1) is 26.7. The summed E-state index contributed by atoms with van der Waals surface area (Å²) in [5, 5.41) is 16.6. The molecule has 0 spiro atoms. The topological polar surface area (TPSA) is 23.1 Å². The van der Waals surface area contributed by atoms with E-state index in [1.54, 1.807) is 12.1 Å². The van der Waals surface area contributed by atoms with Crippen LogP contribution in [0.1, 0.15) is 24.5 Å². The van der Waals surface area contributed by atoms with Crippen LogP contribution in [-0.2, 0) is 6.42 Å². The average Bonchev–Trinajstić information content (AvgIpc) is 2.96. The van der Waals surface area contributed by atoms with Gasteiger partial charge < -0.3 is 5.11 Å². The molecule has 0 bridgehead atoms. The summed E-state index contributed by atoms with van der Waals surface area (Å²) >= 11 is 5.84. The van der Waals surface area contributed by atoms with Gasteiger partial charge in [0.1, 0.15) is 23.2 Å². The van der Waals surface area contributed by atoms with Crippen LogP contribution in [0.4, 0.5) is 0 Å². The Bertz CT molecular complexity index is 1260. The van der Waals surface area contributed by atoms with Crippen molar-refractivity contribution in [3.63, 3.8) is 0 Å². The van der Waals surface area contributed by atoms with Crippen molar-refractivity contribution in [3.05, 3.63) is 156 Å². The van der Waals surface area contributed by atoms with Crippen molar-refractivity contribution in [1.82, 2.24) is 0 Å². The van der Waals surface area contributed by atoms with Crippen LogP contribution in [0.15, 0.2) is 140 Å². The fourth-order valence-corrected chi connectivity index (χ4v) is 9.30. The van der Waals surface area contributed by atoms with Gasteiger partial charge in [0.25, 0.3) is 0 Å². The molecule has 0 aliphatic carbocycles. The molecule has 0 heterocycles. The van der Waals surface area contributed by atoms with E-state index in [-0.39, 0.29) is 5.75 Å². The summed E-state index contributed by atoms with van der Waals surface area (Å²) in [5.74, 6) is 0.0447. The lowest BCUT2D eigenvalue weighted by Gasteiger charge is -2.27. The van der Waals surface area contributed by atoms with Gasteiger partial charge >= 0.3 is 0 Å². The Balaban J connectivity index is 0.000000186. The molecule has 5 rings (SSSR count). The SMILES string of the molecule is CCC[P+](c1ccccc1)(c1ccccc1)c1ccccc1.[O-]c1ccc(Cl)cc1Cc1ccccc1. The third-order valence-electron chi connectivity index (χ3n) is 6.41. The molecule has 0 N–H and O–H groups in total. The maximum atomic E-state index is 11.5. The summed E-state index contributed by atoms with van der Waals surface area (Å²) in [4.78, 5) is 0. The lowest BCUT2D eigenvalue weighted by Crippen LogP contribution is -2.33. The van der Waals surface area contributed by atoms with Gasteiger partial charge in [-0.25, -0.2) is 0 Å². The third kappa shape index (κ3) is 6.69. The van der Waals surface area contributed by atoms with Gasteiger partial charge in [-0.05, 0) is 66.9 Å². The number of rotatable bonds is 7. The van der Waals surface area contributed by atoms with Crippen LogP contribution in [-0.4, -0.2) is 6.16 Å². The molecule has 0 saturated heterocycles. The van der Waals surface area contributed by atoms with Gasteiger partial charge in [0.05, 0.1) is 6.16 Å². The molecule has 3 heteroatoms. The first-order valence-electron chi connectivity index (χ1n) is 12.7. The van der Waals surface area contributed by atoms with Crippen LogP contribution in [0.3, 0.4) is 0 Å². The molecular weight excluding hydrogens is 491 g/mol. The Hall–Kier alpha value is -3.38. The van der Waals surface area contributed by atoms with E-state index in [2.05, 4.69) is 97.9 Å². The van der Waals surface area contributed by atoms with Crippen molar-refractivity contribution in [3.8, 4) is 5.75 Å². The van der Waals surface area contributed by atoms with Crippen molar-refractivity contribution in [1.29, 1.82) is 0 Å². The Morgan fingerprint density at radius 2 is 1.03 bits per heavy atom. The second-order valence-electron chi connectivity index (χ2n) is 8.95. The minimum absolute atomic E-state index is 0.0447. The second-order valence-corrected chi connectivity index (χ2v) is 13.0. The minimum Gasteiger partial charge on any atom is -0.872 e. The van der Waals surface area contributed by atoms with Crippen LogP contribution in [0, 0.1) is 0 Å². The number of hydrogen-bond donors (Lipinski definition) is 0. The van der Waals surface area contributed by atoms with Crippen molar-refractivity contribution >= 4 is 34.8 Å². The summed E-state index contributed by atoms with van der Waals surface area (Å²) in [6.45, 7) is 2.30. The summed E-state index contributed by atoms with van der Waals surface area (Å²) in [5.41, 5.74) is 1.87. The molecule has 0 aromatic heterocycles. The number of halogens is 1. The summed E-state index contributed by atoms with van der Waals surface area (Å²) < 4.78 is 0. The van der Waals surface area contributed by atoms with Crippen LogP contribution in [0.25, 0.3) is 0 Å². The number of benzene rings is 5. The highest BCUT2D eigenvalue weighted by atomic mass is 35.5. The van der Waals surface area contributed by atoms with Crippen LogP contribution in [0.5, 0.6) is 5.75 Å². The zero-order chi connectivity index (χ0) is 25.9. The maximum Gasteiger partial charge on any atom is 0.112 e. The van der Waals surface area contributed by atoms with Crippen LogP contribution in [0.2, 0.25) is 5.02 Å². The first-order valence-corrected chi connectivity index (χ1v) is 15.0. The third-order valence-corrected chi connectivity index (χ3v) is 11.3. The normalized spacial score (nSPS) is 10.9. The maximum absolute atomic E-state index is 11.5. The lowest BCUT2D eigenvalue weighted by atomic mass is 10.0. The van der Waals surface area contributed by atoms with Gasteiger partial charge in [-0.1, -0.05) is 115 Å². The summed E-state index contributed by atoms with van der Waals surface area (Å²) in [6, 6.07) is 48.0. The Kier molecular flexibility index (Phi) is 9.55. The Labute approximate surface area is 226 Å². The smallest absolute Gasteiger partial charge is 0.112 e. The largest absolute Gasteiger partial charge is 0.872 e. The molecule has 5 aromatic rings. The number of hydrogen-bond acceptors (Lipinski definition) is 1. The van der Waals surface area contributed by atoms with Gasteiger partial charge in [-0.2, -0.15) is 0 Å². The van der Waals surface area contributed by atoms with Crippen molar-refractivity contribution < 1.29 is 5.11 Å². The van der Waals surface area contributed by atoms with E-state index in [9.17, 15) is 5.11 Å². The van der Waals surface area contributed by atoms with Crippen molar-refractivity contribution in [2.75, 3.05) is 6.16 Å². The van der Waals surface area contributed by atoms with E-state index in [1.165, 1.54) is 34.6 Å². The monoisotopic (exact) mass is 522 g/mol. The molecule has 186 valence electrons. The molecule has 0 aliphatic heterocycles. The fourth-order valence-electron chi connectivity index (χ4n) is 4.72. The van der Waals surface area contributed by atoms with E-state index in [0.29, 0.717) is 11.4 Å². The molecule has 0 unspecified atom stereocenters. The predicted molar refractivity (Wildman–Crippen MR) is 160 cm³/mol. The molecular formula is C34H32ClOP. The molecule has 1 nitrogen and oxygen atoms in total. The molecule has 0 atom stereocenters. The van der Waals surface area contributed by atoms with Gasteiger partial charge in [0.2, 0.25) is 0 Å². The van der Waals surface area contributed by atoms with Crippen molar-refractivity contribution in [2.24, 2.45) is 0 Å². The lowest BCUT2D eigenvalue weighted by molar-refractivity contribution is -0.269. The van der Waals surface area contributed by atoms with E-state index in [0.717, 1.165) is 11.1 Å². The van der Waals surface area contributed by atoms with Crippen LogP contribution < -0.4 is 21.0 Å². The molecule has 0 saturated carbocycles. The summed E-state index contributed by atoms with van der Waals surface area (Å²) in [6.07, 6.45) is 3.04. The van der Waals surface area contributed by atoms with Gasteiger partial charge in [-0.15, -0.1) is 5.75 Å². The van der Waals surface area contributed by atoms with Crippen LogP contribution >= 0.6 is 18.9 Å². The highest BCUT2D eigenvalue weighted by molar-refractivity contribution is 7.95. The van der Waals surface area contributed by atoms with Crippen molar-refractivity contribution in [2.45, 2.75) is 19.8 Å². The molecule has 5 aromatic carbocycles. The zero-order valence-electron chi connectivity index (χ0n) is 21.1. The second kappa shape index (κ2) is 13.2. The summed E-state index contributed by atoms with van der Waals surface area (Å²) in [7, 11) is -1.55. The predicted octanol–water partition coefficient (Wildman–Crippen LogP) is 7.39. The fraction of sp³-hybridized carbons (Fsp3) is 0.118. The standard InChI is InChI=1S/C21H22P.C13H11ClO/c1-2-18-22(19-12-6-3-7-13-19,20-14-8-4-9-15-20)21-16-10-5-11-17-21;14-12-6-7-13(15)11(9-12)8-10-4-2-1-3-5-10/h3-17H,2,18H2,1H3;1-7,9,15H,8H2/q+1;/p-1. The molecule has 0 aliphatic rings. The molecule has 37 heavy (non-hydrogen) atoms. The van der Waals surface area contributed by atoms with E-state index < -0.39 is 7.26 Å². The highest BCUT2D eigenvalue weighted by Crippen LogP contribution is 2.55. The average molecular weight is 523 g/mol. The zero-order valence-corrected chi connectivity index (χ0v) is 22.8. The molecule has 0 radical (unpaired) electrons. The highest BCUT2D eigenvalue weighted by Gasteiger charge is 2.44. The van der Waals surface area contributed by atoms with E-state index >= 15 is 0 Å². The molecule has 0 amide bonds. The van der Waals surface area contributed by atoms with E-state index in [4.69, 9.17) is 11.6 Å². The van der Waals surface area contributed by atoms with Gasteiger partial charge in [-0.3, -0.25) is 0 Å². The van der Waals surface area contributed by atoms with Gasteiger partial charge in [0, 0.05) is 5.02 Å². The minimum atomic E-state index is -1.55. The Morgan fingerprint density at radius 1 is 0.595 bits per heavy atom. The molecule has 0 fully saturated rings. The van der Waals surface area contributed by atoms with E-state index in [1.807, 2.05) is 30.3 Å².